The number of sulfone groups is 1. The number of hydrogen-bond acceptors (Lipinski definition) is 6. The van der Waals surface area contributed by atoms with Gasteiger partial charge in [-0.3, -0.25) is 14.8 Å². The number of amides is 1. The van der Waals surface area contributed by atoms with E-state index in [0.717, 1.165) is 16.3 Å². The number of aromatic nitrogens is 3. The summed E-state index contributed by atoms with van der Waals surface area (Å²) in [6.45, 7) is 0.605. The van der Waals surface area contributed by atoms with Gasteiger partial charge in [-0.25, -0.2) is 13.4 Å². The zero-order valence-corrected chi connectivity index (χ0v) is 18.4. The summed E-state index contributed by atoms with van der Waals surface area (Å²) in [7, 11) is -3.29. The molecular weight excluding hydrogens is 476 g/mol. The standard InChI is InChI=1S/C19H15BrN4O3S2/c1-29(26,27)15-6-7-16-17(8-15)28-19(22-16)23-18(25)13-4-2-12(3-5-13)10-24-11-14(20)9-21-24/h2-9,11H,10H2,1H3,(H,22,23,25). The fraction of sp³-hybridized carbons (Fsp3) is 0.105. The van der Waals surface area contributed by atoms with Crippen LogP contribution in [0.4, 0.5) is 5.13 Å². The molecule has 0 spiro atoms. The van der Waals surface area contributed by atoms with E-state index in [4.69, 9.17) is 0 Å². The Morgan fingerprint density at radius 3 is 2.62 bits per heavy atom. The quantitative estimate of drug-likeness (QED) is 0.456. The Morgan fingerprint density at radius 2 is 1.97 bits per heavy atom. The molecule has 2 heterocycles. The molecule has 0 unspecified atom stereocenters. The predicted octanol–water partition coefficient (Wildman–Crippen LogP) is 3.96. The lowest BCUT2D eigenvalue weighted by molar-refractivity contribution is 0.102. The topological polar surface area (TPSA) is 94.0 Å². The minimum absolute atomic E-state index is 0.228. The summed E-state index contributed by atoms with van der Waals surface area (Å²) < 4.78 is 26.8. The second-order valence-electron chi connectivity index (χ2n) is 6.43. The van der Waals surface area contributed by atoms with Gasteiger partial charge in [-0.1, -0.05) is 23.5 Å². The normalized spacial score (nSPS) is 11.7. The van der Waals surface area contributed by atoms with Crippen LogP contribution in [0.25, 0.3) is 10.2 Å². The van der Waals surface area contributed by atoms with Crippen LogP contribution in [-0.2, 0) is 16.4 Å². The second-order valence-corrected chi connectivity index (χ2v) is 10.4. The minimum atomic E-state index is -3.29. The monoisotopic (exact) mass is 490 g/mol. The first kappa shape index (κ1) is 19.7. The summed E-state index contributed by atoms with van der Waals surface area (Å²) in [6.07, 6.45) is 4.76. The molecule has 29 heavy (non-hydrogen) atoms. The average Bonchev–Trinajstić information content (AvgIpc) is 3.26. The third-order valence-electron chi connectivity index (χ3n) is 4.17. The van der Waals surface area contributed by atoms with Crippen LogP contribution in [0.3, 0.4) is 0 Å². The molecule has 2 aromatic carbocycles. The van der Waals surface area contributed by atoms with Gasteiger partial charge in [0, 0.05) is 18.0 Å². The minimum Gasteiger partial charge on any atom is -0.298 e. The van der Waals surface area contributed by atoms with Gasteiger partial charge < -0.3 is 0 Å². The van der Waals surface area contributed by atoms with Crippen LogP contribution in [-0.4, -0.2) is 35.3 Å². The Bertz CT molecular complexity index is 1310. The molecule has 4 aromatic rings. The molecule has 0 bridgehead atoms. The van der Waals surface area contributed by atoms with Crippen LogP contribution in [0, 0.1) is 0 Å². The van der Waals surface area contributed by atoms with Gasteiger partial charge in [0.05, 0.1) is 32.3 Å². The van der Waals surface area contributed by atoms with E-state index in [2.05, 4.69) is 31.3 Å². The molecule has 4 rings (SSSR count). The van der Waals surface area contributed by atoms with E-state index < -0.39 is 9.84 Å². The Kier molecular flexibility index (Phi) is 5.24. The molecule has 0 saturated heterocycles. The summed E-state index contributed by atoms with van der Waals surface area (Å²) in [5, 5.41) is 7.40. The molecule has 7 nitrogen and oxygen atoms in total. The van der Waals surface area contributed by atoms with Crippen LogP contribution < -0.4 is 5.32 Å². The molecule has 10 heteroatoms. The number of fused-ring (bicyclic) bond motifs is 1. The molecule has 1 N–H and O–H groups in total. The van der Waals surface area contributed by atoms with Crippen molar-refractivity contribution < 1.29 is 13.2 Å². The first-order chi connectivity index (χ1) is 13.8. The second kappa shape index (κ2) is 7.69. The van der Waals surface area contributed by atoms with E-state index in [0.29, 0.717) is 27.5 Å². The number of benzene rings is 2. The zero-order valence-electron chi connectivity index (χ0n) is 15.2. The van der Waals surface area contributed by atoms with Crippen molar-refractivity contribution in [3.8, 4) is 0 Å². The van der Waals surface area contributed by atoms with E-state index >= 15 is 0 Å². The van der Waals surface area contributed by atoms with Gasteiger partial charge in [0.25, 0.3) is 5.91 Å². The van der Waals surface area contributed by atoms with Gasteiger partial charge in [0.1, 0.15) is 0 Å². The number of thiazole rings is 1. The van der Waals surface area contributed by atoms with Crippen LogP contribution in [0.5, 0.6) is 0 Å². The third kappa shape index (κ3) is 4.55. The molecular formula is C19H15BrN4O3S2. The molecule has 0 aliphatic rings. The molecule has 0 aliphatic heterocycles. The number of hydrogen-bond donors (Lipinski definition) is 1. The number of rotatable bonds is 5. The molecule has 1 amide bonds. The lowest BCUT2D eigenvalue weighted by Crippen LogP contribution is -2.11. The van der Waals surface area contributed by atoms with E-state index in [1.165, 1.54) is 17.4 Å². The van der Waals surface area contributed by atoms with Crippen molar-refractivity contribution in [1.29, 1.82) is 0 Å². The van der Waals surface area contributed by atoms with Gasteiger partial charge in [-0.15, -0.1) is 0 Å². The Balaban J connectivity index is 1.48. The molecule has 0 fully saturated rings. The molecule has 0 atom stereocenters. The molecule has 0 saturated carbocycles. The smallest absolute Gasteiger partial charge is 0.257 e. The first-order valence-corrected chi connectivity index (χ1v) is 12.0. The maximum absolute atomic E-state index is 12.5. The van der Waals surface area contributed by atoms with Crippen molar-refractivity contribution in [1.82, 2.24) is 14.8 Å². The molecule has 148 valence electrons. The first-order valence-electron chi connectivity index (χ1n) is 8.47. The zero-order chi connectivity index (χ0) is 20.6. The average molecular weight is 491 g/mol. The van der Waals surface area contributed by atoms with Crippen LogP contribution >= 0.6 is 27.3 Å². The summed E-state index contributed by atoms with van der Waals surface area (Å²) in [6, 6.07) is 12.0. The highest BCUT2D eigenvalue weighted by Crippen LogP contribution is 2.28. The van der Waals surface area contributed by atoms with Crippen molar-refractivity contribution in [3.63, 3.8) is 0 Å². The summed E-state index contributed by atoms with van der Waals surface area (Å²) >= 11 is 4.60. The van der Waals surface area contributed by atoms with Gasteiger partial charge in [-0.2, -0.15) is 5.10 Å². The predicted molar refractivity (Wildman–Crippen MR) is 116 cm³/mol. The Labute approximate surface area is 179 Å². The fourth-order valence-electron chi connectivity index (χ4n) is 2.73. The van der Waals surface area contributed by atoms with Crippen LogP contribution in [0.1, 0.15) is 15.9 Å². The maximum Gasteiger partial charge on any atom is 0.257 e. The number of carbonyl (C=O) groups excluding carboxylic acids is 1. The molecule has 0 radical (unpaired) electrons. The van der Waals surface area contributed by atoms with Gasteiger partial charge in [0.2, 0.25) is 0 Å². The summed E-state index contributed by atoms with van der Waals surface area (Å²) in [5.41, 5.74) is 2.16. The summed E-state index contributed by atoms with van der Waals surface area (Å²) in [5.74, 6) is -0.277. The van der Waals surface area contributed by atoms with Crippen molar-refractivity contribution in [3.05, 3.63) is 70.5 Å². The van der Waals surface area contributed by atoms with Gasteiger partial charge in [-0.05, 0) is 51.8 Å². The molecule has 0 aliphatic carbocycles. The third-order valence-corrected chi connectivity index (χ3v) is 6.62. The van der Waals surface area contributed by atoms with Gasteiger partial charge >= 0.3 is 0 Å². The van der Waals surface area contributed by atoms with Crippen LogP contribution in [0.15, 0.2) is 64.2 Å². The fourth-order valence-corrected chi connectivity index (χ4v) is 4.68. The highest BCUT2D eigenvalue weighted by atomic mass is 79.9. The highest BCUT2D eigenvalue weighted by Gasteiger charge is 2.13. The Morgan fingerprint density at radius 1 is 1.21 bits per heavy atom. The summed E-state index contributed by atoms with van der Waals surface area (Å²) in [4.78, 5) is 17.1. The van der Waals surface area contributed by atoms with Crippen molar-refractivity contribution >= 4 is 58.4 Å². The van der Waals surface area contributed by atoms with E-state index in [1.807, 2.05) is 18.3 Å². The lowest BCUT2D eigenvalue weighted by Gasteiger charge is -2.04. The van der Waals surface area contributed by atoms with Crippen LogP contribution in [0.2, 0.25) is 0 Å². The maximum atomic E-state index is 12.5. The van der Waals surface area contributed by atoms with E-state index in [1.54, 1.807) is 35.1 Å². The number of halogens is 1. The SMILES string of the molecule is CS(=O)(=O)c1ccc2nc(NC(=O)c3ccc(Cn4cc(Br)cn4)cc3)sc2c1. The van der Waals surface area contributed by atoms with Crippen molar-refractivity contribution in [2.75, 3.05) is 11.6 Å². The number of carbonyl (C=O) groups is 1. The lowest BCUT2D eigenvalue weighted by atomic mass is 10.1. The number of nitrogens with zero attached hydrogens (tertiary/aromatic N) is 3. The highest BCUT2D eigenvalue weighted by molar-refractivity contribution is 9.10. The number of anilines is 1. The van der Waals surface area contributed by atoms with Crippen molar-refractivity contribution in [2.45, 2.75) is 11.4 Å². The van der Waals surface area contributed by atoms with E-state index in [9.17, 15) is 13.2 Å². The van der Waals surface area contributed by atoms with Gasteiger partial charge in [0.15, 0.2) is 15.0 Å². The number of nitrogens with one attached hydrogen (secondary N) is 1. The van der Waals surface area contributed by atoms with Crippen molar-refractivity contribution in [2.24, 2.45) is 0 Å². The molecule has 2 aromatic heterocycles. The Hall–Kier alpha value is -2.56. The van der Waals surface area contributed by atoms with E-state index in [-0.39, 0.29) is 10.8 Å². The largest absolute Gasteiger partial charge is 0.298 e.